The second-order valence-electron chi connectivity index (χ2n) is 9.55. The van der Waals surface area contributed by atoms with E-state index < -0.39 is 18.2 Å². The minimum absolute atomic E-state index is 0.0254. The molecule has 3 atom stereocenters. The number of hydrogen-bond acceptors (Lipinski definition) is 11. The van der Waals surface area contributed by atoms with E-state index in [1.165, 1.54) is 16.4 Å². The lowest BCUT2D eigenvalue weighted by molar-refractivity contribution is -0.157. The van der Waals surface area contributed by atoms with Crippen LogP contribution < -0.4 is 11.1 Å². The van der Waals surface area contributed by atoms with Gasteiger partial charge in [-0.1, -0.05) is 57.6 Å². The van der Waals surface area contributed by atoms with Crippen LogP contribution >= 0.6 is 11.8 Å². The van der Waals surface area contributed by atoms with Gasteiger partial charge in [-0.2, -0.15) is 11.8 Å². The minimum atomic E-state index is -0.946. The number of carbonyl (C=O) groups is 3. The van der Waals surface area contributed by atoms with Crippen molar-refractivity contribution in [1.82, 2.24) is 20.3 Å². The summed E-state index contributed by atoms with van der Waals surface area (Å²) in [6.07, 6.45) is 8.41. The van der Waals surface area contributed by atoms with Crippen LogP contribution in [0.2, 0.25) is 0 Å². The van der Waals surface area contributed by atoms with E-state index in [4.69, 9.17) is 20.3 Å². The number of amides is 1. The molecule has 1 aromatic rings. The lowest BCUT2D eigenvalue weighted by atomic mass is 10.1. The quantitative estimate of drug-likeness (QED) is 0.111. The Bertz CT molecular complexity index is 826. The van der Waals surface area contributed by atoms with Gasteiger partial charge in [0.15, 0.2) is 0 Å². The Morgan fingerprint density at radius 1 is 1.05 bits per heavy atom. The molecule has 12 nitrogen and oxygen atoms in total. The molecule has 224 valence electrons. The summed E-state index contributed by atoms with van der Waals surface area (Å²) in [5, 5.41) is 28.8. The van der Waals surface area contributed by atoms with Crippen molar-refractivity contribution in [1.29, 1.82) is 0 Å². The molecule has 0 aliphatic rings. The minimum Gasteiger partial charge on any atom is -0.462 e. The fourth-order valence-electron chi connectivity index (χ4n) is 3.50. The van der Waals surface area contributed by atoms with Crippen molar-refractivity contribution >= 4 is 29.6 Å². The number of esters is 2. The van der Waals surface area contributed by atoms with Crippen LogP contribution in [0.15, 0.2) is 6.20 Å². The van der Waals surface area contributed by atoms with Crippen molar-refractivity contribution in [2.24, 2.45) is 5.73 Å². The third-order valence-electron chi connectivity index (χ3n) is 5.77. The molecule has 0 saturated heterocycles. The predicted molar refractivity (Wildman–Crippen MR) is 149 cm³/mol. The Morgan fingerprint density at radius 2 is 1.72 bits per heavy atom. The molecular weight excluding hydrogens is 526 g/mol. The first-order chi connectivity index (χ1) is 18.8. The van der Waals surface area contributed by atoms with Crippen LogP contribution in [0, 0.1) is 0 Å². The number of nitrogens with two attached hydrogens (primary N) is 1. The second kappa shape index (κ2) is 21.6. The van der Waals surface area contributed by atoms with Gasteiger partial charge in [-0.05, 0) is 12.8 Å². The van der Waals surface area contributed by atoms with Crippen molar-refractivity contribution in [3.8, 4) is 0 Å². The average Bonchev–Trinajstić information content (AvgIpc) is 3.37. The summed E-state index contributed by atoms with van der Waals surface area (Å²) in [5.74, 6) is -0.394. The molecule has 0 saturated carbocycles. The number of hydrogen-bond donors (Lipinski definition) is 4. The van der Waals surface area contributed by atoms with Gasteiger partial charge in [0.05, 0.1) is 38.0 Å². The van der Waals surface area contributed by atoms with E-state index >= 15 is 0 Å². The Hall–Kier alpha value is -2.22. The van der Waals surface area contributed by atoms with Crippen LogP contribution in [0.4, 0.5) is 0 Å². The summed E-state index contributed by atoms with van der Waals surface area (Å²) < 4.78 is 12.3. The molecule has 0 aliphatic heterocycles. The van der Waals surface area contributed by atoms with Gasteiger partial charge in [0.25, 0.3) is 0 Å². The van der Waals surface area contributed by atoms with Crippen molar-refractivity contribution < 1.29 is 34.1 Å². The number of ether oxygens (including phenoxy) is 2. The van der Waals surface area contributed by atoms with Crippen molar-refractivity contribution in [2.75, 3.05) is 24.7 Å². The zero-order chi connectivity index (χ0) is 28.9. The first-order valence-corrected chi connectivity index (χ1v) is 15.1. The maximum absolute atomic E-state index is 12.4. The Balaban J connectivity index is 2.47. The highest BCUT2D eigenvalue weighted by Crippen LogP contribution is 2.12. The number of rotatable bonds is 23. The van der Waals surface area contributed by atoms with Crippen molar-refractivity contribution in [3.63, 3.8) is 0 Å². The lowest BCUT2D eigenvalue weighted by Crippen LogP contribution is -2.42. The van der Waals surface area contributed by atoms with E-state index in [0.717, 1.165) is 51.4 Å². The molecule has 0 aromatic carbocycles. The molecule has 39 heavy (non-hydrogen) atoms. The summed E-state index contributed by atoms with van der Waals surface area (Å²) in [6.45, 7) is 3.99. The molecule has 0 bridgehead atoms. The number of aromatic nitrogens is 3. The number of aliphatic hydroxyl groups is 2. The van der Waals surface area contributed by atoms with Crippen LogP contribution in [0.3, 0.4) is 0 Å². The van der Waals surface area contributed by atoms with Gasteiger partial charge >= 0.3 is 11.9 Å². The first kappa shape index (κ1) is 34.8. The van der Waals surface area contributed by atoms with E-state index in [1.807, 2.05) is 0 Å². The fourth-order valence-corrected chi connectivity index (χ4v) is 4.47. The number of aliphatic hydroxyl groups excluding tert-OH is 2. The number of carbonyl (C=O) groups excluding carboxylic acids is 3. The lowest BCUT2D eigenvalue weighted by Gasteiger charge is -2.19. The van der Waals surface area contributed by atoms with Crippen LogP contribution in [0.1, 0.15) is 83.7 Å². The normalized spacial score (nSPS) is 13.5. The first-order valence-electron chi connectivity index (χ1n) is 13.9. The highest BCUT2D eigenvalue weighted by molar-refractivity contribution is 7.99. The SMILES string of the molecule is CCCCCCC(=O)OC[C@H](CSC[C@@H](N)C(=O)NCc1cn(C[C@@H](O)CO)nn1)OC(=O)CCCCCC. The van der Waals surface area contributed by atoms with Crippen molar-refractivity contribution in [2.45, 2.75) is 109 Å². The summed E-state index contributed by atoms with van der Waals surface area (Å²) in [7, 11) is 0. The molecule has 0 fully saturated rings. The largest absolute Gasteiger partial charge is 0.462 e. The average molecular weight is 574 g/mol. The molecular formula is C26H47N5O7S. The molecule has 0 spiro atoms. The molecule has 0 radical (unpaired) electrons. The topological polar surface area (TPSA) is 179 Å². The standard InChI is InChI=1S/C26H47N5O7S/c1-3-5-7-9-11-24(34)37-17-22(38-25(35)12-10-8-6-4-2)18-39-19-23(27)26(36)28-13-20-14-31(30-29-20)15-21(33)16-32/h14,21-23,32-33H,3-13,15-19,27H2,1-2H3,(H,28,36)/t21-,22-,23-/m1/s1. The zero-order valence-corrected chi connectivity index (χ0v) is 24.2. The fraction of sp³-hybridized carbons (Fsp3) is 0.808. The zero-order valence-electron chi connectivity index (χ0n) is 23.4. The third kappa shape index (κ3) is 17.2. The van der Waals surface area contributed by atoms with Gasteiger partial charge in [0.2, 0.25) is 5.91 Å². The monoisotopic (exact) mass is 573 g/mol. The van der Waals surface area contributed by atoms with Gasteiger partial charge < -0.3 is 30.7 Å². The molecule has 0 aliphatic carbocycles. The Kier molecular flexibility index (Phi) is 19.3. The van der Waals surface area contributed by atoms with E-state index in [1.54, 1.807) is 6.20 Å². The van der Waals surface area contributed by atoms with Gasteiger partial charge in [0.1, 0.15) is 18.4 Å². The third-order valence-corrected chi connectivity index (χ3v) is 6.98. The molecule has 1 aromatic heterocycles. The van der Waals surface area contributed by atoms with E-state index in [0.29, 0.717) is 24.3 Å². The van der Waals surface area contributed by atoms with Gasteiger partial charge in [-0.15, -0.1) is 5.10 Å². The number of nitrogens with zero attached hydrogens (tertiary/aromatic N) is 3. The highest BCUT2D eigenvalue weighted by Gasteiger charge is 2.20. The molecule has 0 unspecified atom stereocenters. The van der Waals surface area contributed by atoms with Crippen LogP contribution in [0.25, 0.3) is 0 Å². The summed E-state index contributed by atoms with van der Waals surface area (Å²) in [6, 6.07) is -0.812. The molecule has 1 amide bonds. The maximum Gasteiger partial charge on any atom is 0.306 e. The maximum atomic E-state index is 12.4. The number of thioether (sulfide) groups is 1. The van der Waals surface area contributed by atoms with Gasteiger partial charge in [0, 0.05) is 24.3 Å². The van der Waals surface area contributed by atoms with Crippen LogP contribution in [-0.2, 0) is 36.9 Å². The summed E-state index contributed by atoms with van der Waals surface area (Å²) >= 11 is 1.35. The highest BCUT2D eigenvalue weighted by atomic mass is 32.2. The molecule has 1 heterocycles. The summed E-state index contributed by atoms with van der Waals surface area (Å²) in [4.78, 5) is 36.8. The van der Waals surface area contributed by atoms with Gasteiger partial charge in [-0.3, -0.25) is 14.4 Å². The second-order valence-corrected chi connectivity index (χ2v) is 10.6. The summed E-state index contributed by atoms with van der Waals surface area (Å²) in [5.41, 5.74) is 6.51. The molecule has 13 heteroatoms. The van der Waals surface area contributed by atoms with Crippen LogP contribution in [-0.4, -0.2) is 86.0 Å². The van der Waals surface area contributed by atoms with Crippen molar-refractivity contribution in [3.05, 3.63) is 11.9 Å². The number of nitrogens with one attached hydrogen (secondary N) is 1. The predicted octanol–water partition coefficient (Wildman–Crippen LogP) is 1.70. The Labute approximate surface area is 235 Å². The van der Waals surface area contributed by atoms with Crippen LogP contribution in [0.5, 0.6) is 0 Å². The van der Waals surface area contributed by atoms with E-state index in [2.05, 4.69) is 29.5 Å². The number of unbranched alkanes of at least 4 members (excludes halogenated alkanes) is 6. The van der Waals surface area contributed by atoms with E-state index in [9.17, 15) is 19.5 Å². The van der Waals surface area contributed by atoms with Gasteiger partial charge in [-0.25, -0.2) is 4.68 Å². The molecule has 5 N–H and O–H groups in total. The van der Waals surface area contributed by atoms with E-state index in [-0.39, 0.29) is 49.9 Å². The smallest absolute Gasteiger partial charge is 0.306 e. The molecule has 1 rings (SSSR count). The Morgan fingerprint density at radius 3 is 2.36 bits per heavy atom.